The maximum atomic E-state index is 14.1. The Bertz CT molecular complexity index is 1220. The lowest BCUT2D eigenvalue weighted by Gasteiger charge is -2.36. The number of carbonyl (C=O) groups excluding carboxylic acids is 3. The number of imide groups is 1. The smallest absolute Gasteiger partial charge is 0.267 e. The number of nitrogens with zero attached hydrogens (tertiary/aromatic N) is 4. The van der Waals surface area contributed by atoms with Gasteiger partial charge in [-0.05, 0) is 42.5 Å². The van der Waals surface area contributed by atoms with Crippen LogP contribution in [0.1, 0.15) is 31.1 Å². The summed E-state index contributed by atoms with van der Waals surface area (Å²) in [7, 11) is 0. The number of halogens is 1. The van der Waals surface area contributed by atoms with Gasteiger partial charge in [-0.3, -0.25) is 14.4 Å². The highest BCUT2D eigenvalue weighted by Gasteiger charge is 2.38. The third-order valence-electron chi connectivity index (χ3n) is 5.77. The van der Waals surface area contributed by atoms with Gasteiger partial charge in [-0.1, -0.05) is 18.2 Å². The summed E-state index contributed by atoms with van der Waals surface area (Å²) in [6, 6.07) is 16.1. The van der Waals surface area contributed by atoms with Crippen molar-refractivity contribution in [1.82, 2.24) is 9.88 Å². The fraction of sp³-hybridized carbons (Fsp3) is 0.167. The molecule has 0 bridgehead atoms. The Kier molecular flexibility index (Phi) is 4.89. The zero-order valence-corrected chi connectivity index (χ0v) is 17.1. The van der Waals surface area contributed by atoms with E-state index in [0.29, 0.717) is 37.4 Å². The van der Waals surface area contributed by atoms with Crippen molar-refractivity contribution >= 4 is 29.2 Å². The quantitative estimate of drug-likeness (QED) is 0.598. The number of amides is 3. The second-order valence-corrected chi connectivity index (χ2v) is 7.62. The van der Waals surface area contributed by atoms with Crippen molar-refractivity contribution in [1.29, 1.82) is 0 Å². The van der Waals surface area contributed by atoms with Crippen LogP contribution < -0.4 is 9.80 Å². The molecule has 3 amide bonds. The van der Waals surface area contributed by atoms with Crippen LogP contribution in [-0.2, 0) is 0 Å². The second-order valence-electron chi connectivity index (χ2n) is 7.62. The summed E-state index contributed by atoms with van der Waals surface area (Å²) < 4.78 is 14.1. The van der Waals surface area contributed by atoms with Crippen molar-refractivity contribution in [3.8, 4) is 0 Å². The normalized spacial score (nSPS) is 15.8. The van der Waals surface area contributed by atoms with Crippen LogP contribution in [0.15, 0.2) is 66.9 Å². The number of carbonyl (C=O) groups is 3. The van der Waals surface area contributed by atoms with Crippen LogP contribution in [0.3, 0.4) is 0 Å². The van der Waals surface area contributed by atoms with Gasteiger partial charge in [0, 0.05) is 37.9 Å². The Labute approximate surface area is 183 Å². The molecule has 7 nitrogen and oxygen atoms in total. The summed E-state index contributed by atoms with van der Waals surface area (Å²) in [6.45, 7) is 1.86. The molecule has 1 fully saturated rings. The molecule has 3 heterocycles. The zero-order chi connectivity index (χ0) is 22.2. The predicted octanol–water partition coefficient (Wildman–Crippen LogP) is 2.98. The third-order valence-corrected chi connectivity index (χ3v) is 5.77. The Morgan fingerprint density at radius 3 is 2.28 bits per heavy atom. The number of pyridine rings is 1. The summed E-state index contributed by atoms with van der Waals surface area (Å²) in [5, 5.41) is 0. The number of aromatic nitrogens is 1. The van der Waals surface area contributed by atoms with Gasteiger partial charge in [-0.15, -0.1) is 0 Å². The average molecular weight is 430 g/mol. The predicted molar refractivity (Wildman–Crippen MR) is 116 cm³/mol. The first kappa shape index (κ1) is 19.9. The number of benzene rings is 2. The SMILES string of the molecule is O=C(c1ccc2c(c1)C(=O)N(c1ccccn1)C2=O)N1CCN(c2ccccc2F)CC1. The minimum atomic E-state index is -0.497. The molecule has 8 heteroatoms. The number of para-hydroxylation sites is 1. The fourth-order valence-corrected chi connectivity index (χ4v) is 4.11. The highest BCUT2D eigenvalue weighted by atomic mass is 19.1. The van der Waals surface area contributed by atoms with Gasteiger partial charge >= 0.3 is 0 Å². The number of rotatable bonds is 3. The highest BCUT2D eigenvalue weighted by Crippen LogP contribution is 2.28. The van der Waals surface area contributed by atoms with Crippen molar-refractivity contribution in [2.75, 3.05) is 36.0 Å². The molecule has 0 aliphatic carbocycles. The number of hydrogen-bond donors (Lipinski definition) is 0. The Morgan fingerprint density at radius 1 is 0.844 bits per heavy atom. The van der Waals surface area contributed by atoms with Gasteiger partial charge < -0.3 is 9.80 Å². The van der Waals surface area contributed by atoms with Gasteiger partial charge in [-0.2, -0.15) is 0 Å². The fourth-order valence-electron chi connectivity index (χ4n) is 4.11. The van der Waals surface area contributed by atoms with E-state index in [9.17, 15) is 18.8 Å². The molecule has 2 aromatic carbocycles. The molecular weight excluding hydrogens is 411 g/mol. The first-order chi connectivity index (χ1) is 15.5. The van der Waals surface area contributed by atoms with Gasteiger partial charge in [-0.25, -0.2) is 14.3 Å². The molecule has 2 aliphatic heterocycles. The van der Waals surface area contributed by atoms with E-state index in [1.54, 1.807) is 47.4 Å². The average Bonchev–Trinajstić information content (AvgIpc) is 3.09. The minimum absolute atomic E-state index is 0.191. The largest absolute Gasteiger partial charge is 0.366 e. The van der Waals surface area contributed by atoms with E-state index in [0.717, 1.165) is 4.90 Å². The van der Waals surface area contributed by atoms with Gasteiger partial charge in [0.15, 0.2) is 0 Å². The van der Waals surface area contributed by atoms with Crippen LogP contribution in [0.4, 0.5) is 15.9 Å². The van der Waals surface area contributed by atoms with E-state index in [1.807, 2.05) is 4.90 Å². The molecule has 5 rings (SSSR count). The Hall–Kier alpha value is -4.07. The lowest BCUT2D eigenvalue weighted by molar-refractivity contribution is 0.0746. The zero-order valence-electron chi connectivity index (χ0n) is 17.1. The van der Waals surface area contributed by atoms with Crippen LogP contribution in [0.2, 0.25) is 0 Å². The van der Waals surface area contributed by atoms with Crippen molar-refractivity contribution < 1.29 is 18.8 Å². The van der Waals surface area contributed by atoms with Crippen LogP contribution in [0.5, 0.6) is 0 Å². The van der Waals surface area contributed by atoms with E-state index in [4.69, 9.17) is 0 Å². The molecule has 160 valence electrons. The van der Waals surface area contributed by atoms with Crippen molar-refractivity contribution in [3.05, 3.63) is 89.4 Å². The molecule has 2 aliphatic rings. The van der Waals surface area contributed by atoms with E-state index in [1.165, 1.54) is 24.4 Å². The molecule has 3 aromatic rings. The van der Waals surface area contributed by atoms with Crippen molar-refractivity contribution in [2.24, 2.45) is 0 Å². The monoisotopic (exact) mass is 430 g/mol. The molecule has 1 saturated heterocycles. The molecule has 1 aromatic heterocycles. The molecule has 0 saturated carbocycles. The second kappa shape index (κ2) is 7.88. The van der Waals surface area contributed by atoms with Crippen LogP contribution in [0, 0.1) is 5.82 Å². The lowest BCUT2D eigenvalue weighted by atomic mass is 10.0. The molecule has 0 atom stereocenters. The van der Waals surface area contributed by atoms with E-state index in [-0.39, 0.29) is 28.7 Å². The third kappa shape index (κ3) is 3.30. The maximum Gasteiger partial charge on any atom is 0.267 e. The first-order valence-electron chi connectivity index (χ1n) is 10.3. The molecule has 0 radical (unpaired) electrons. The molecule has 0 unspecified atom stereocenters. The number of hydrogen-bond acceptors (Lipinski definition) is 5. The van der Waals surface area contributed by atoms with Crippen LogP contribution >= 0.6 is 0 Å². The topological polar surface area (TPSA) is 73.8 Å². The van der Waals surface area contributed by atoms with Gasteiger partial charge in [0.25, 0.3) is 17.7 Å². The van der Waals surface area contributed by atoms with E-state index >= 15 is 0 Å². The summed E-state index contributed by atoms with van der Waals surface area (Å²) in [5.41, 5.74) is 1.31. The van der Waals surface area contributed by atoms with Crippen molar-refractivity contribution in [3.63, 3.8) is 0 Å². The first-order valence-corrected chi connectivity index (χ1v) is 10.3. The van der Waals surface area contributed by atoms with Crippen LogP contribution in [0.25, 0.3) is 0 Å². The van der Waals surface area contributed by atoms with E-state index in [2.05, 4.69) is 4.98 Å². The van der Waals surface area contributed by atoms with Crippen molar-refractivity contribution in [2.45, 2.75) is 0 Å². The standard InChI is InChI=1S/C24H19FN4O3/c25-19-5-1-2-6-20(19)27-11-13-28(14-12-27)22(30)16-8-9-17-18(15-16)24(32)29(23(17)31)21-7-3-4-10-26-21/h1-10,15H,11-14H2. The Morgan fingerprint density at radius 2 is 1.56 bits per heavy atom. The summed E-state index contributed by atoms with van der Waals surface area (Å²) >= 11 is 0. The van der Waals surface area contributed by atoms with Gasteiger partial charge in [0.2, 0.25) is 0 Å². The number of anilines is 2. The van der Waals surface area contributed by atoms with E-state index < -0.39 is 11.8 Å². The number of piperazine rings is 1. The summed E-state index contributed by atoms with van der Waals surface area (Å²) in [6.07, 6.45) is 1.51. The molecule has 32 heavy (non-hydrogen) atoms. The molecular formula is C24H19FN4O3. The Balaban J connectivity index is 1.33. The van der Waals surface area contributed by atoms with Gasteiger partial charge in [0.05, 0.1) is 16.8 Å². The highest BCUT2D eigenvalue weighted by molar-refractivity contribution is 6.34. The number of fused-ring (bicyclic) bond motifs is 1. The lowest BCUT2D eigenvalue weighted by Crippen LogP contribution is -2.49. The van der Waals surface area contributed by atoms with Gasteiger partial charge in [0.1, 0.15) is 11.6 Å². The van der Waals surface area contributed by atoms with Crippen LogP contribution in [-0.4, -0.2) is 53.8 Å². The minimum Gasteiger partial charge on any atom is -0.366 e. The summed E-state index contributed by atoms with van der Waals surface area (Å²) in [4.78, 5) is 47.4. The molecule has 0 spiro atoms. The maximum absolute atomic E-state index is 14.1. The summed E-state index contributed by atoms with van der Waals surface area (Å²) in [5.74, 6) is -1.22. The molecule has 0 N–H and O–H groups in total.